The number of fused-ring (bicyclic) bond motifs is 1. The van der Waals surface area contributed by atoms with Gasteiger partial charge in [-0.15, -0.1) is 0 Å². The van der Waals surface area contributed by atoms with Crippen molar-refractivity contribution in [1.82, 2.24) is 4.98 Å². The summed E-state index contributed by atoms with van der Waals surface area (Å²) in [6.07, 6.45) is 4.51. The maximum Gasteiger partial charge on any atom is 0.187 e. The zero-order valence-corrected chi connectivity index (χ0v) is 11.7. The summed E-state index contributed by atoms with van der Waals surface area (Å²) in [5.74, 6) is 0. The van der Waals surface area contributed by atoms with E-state index in [2.05, 4.69) is 36.8 Å². The SMILES string of the molecule is C[Si](C)(C)OC1(C#N)CCCc2cccnc21. The van der Waals surface area contributed by atoms with E-state index in [1.165, 1.54) is 5.56 Å². The highest BCUT2D eigenvalue weighted by molar-refractivity contribution is 6.69. The largest absolute Gasteiger partial charge is 0.395 e. The molecule has 90 valence electrons. The Morgan fingerprint density at radius 1 is 1.47 bits per heavy atom. The van der Waals surface area contributed by atoms with Crippen LogP contribution in [0.3, 0.4) is 0 Å². The summed E-state index contributed by atoms with van der Waals surface area (Å²) < 4.78 is 6.16. The molecule has 1 aromatic rings. The highest BCUT2D eigenvalue weighted by atomic mass is 28.4. The Kier molecular flexibility index (Phi) is 3.07. The number of hydrogen-bond donors (Lipinski definition) is 0. The van der Waals surface area contributed by atoms with Crippen LogP contribution in [-0.4, -0.2) is 13.3 Å². The first kappa shape index (κ1) is 12.3. The maximum atomic E-state index is 9.56. The van der Waals surface area contributed by atoms with E-state index < -0.39 is 13.9 Å². The van der Waals surface area contributed by atoms with Crippen LogP contribution in [0.5, 0.6) is 0 Å². The Balaban J connectivity index is 2.47. The van der Waals surface area contributed by atoms with Gasteiger partial charge in [-0.1, -0.05) is 6.07 Å². The van der Waals surface area contributed by atoms with Crippen LogP contribution in [0.2, 0.25) is 19.6 Å². The lowest BCUT2D eigenvalue weighted by Crippen LogP contribution is -2.42. The number of aryl methyl sites for hydroxylation is 1. The van der Waals surface area contributed by atoms with Crippen LogP contribution in [0, 0.1) is 11.3 Å². The average molecular weight is 246 g/mol. The van der Waals surface area contributed by atoms with Crippen LogP contribution in [0.15, 0.2) is 18.3 Å². The van der Waals surface area contributed by atoms with Gasteiger partial charge in [-0.05, 0) is 50.5 Å². The third-order valence-corrected chi connectivity index (χ3v) is 3.87. The van der Waals surface area contributed by atoms with Crippen molar-refractivity contribution < 1.29 is 4.43 Å². The number of nitriles is 1. The van der Waals surface area contributed by atoms with Crippen LogP contribution in [0.25, 0.3) is 0 Å². The summed E-state index contributed by atoms with van der Waals surface area (Å²) in [7, 11) is -1.77. The highest BCUT2D eigenvalue weighted by Gasteiger charge is 2.42. The molecular formula is C13H18N2OSi. The summed E-state index contributed by atoms with van der Waals surface area (Å²) in [4.78, 5) is 4.40. The van der Waals surface area contributed by atoms with Crippen molar-refractivity contribution >= 4 is 8.32 Å². The molecule has 0 amide bonds. The topological polar surface area (TPSA) is 45.9 Å². The lowest BCUT2D eigenvalue weighted by atomic mass is 9.84. The highest BCUT2D eigenvalue weighted by Crippen LogP contribution is 2.38. The summed E-state index contributed by atoms with van der Waals surface area (Å²) in [6.45, 7) is 6.34. The molecule has 0 bridgehead atoms. The zero-order chi connectivity index (χ0) is 12.5. The van der Waals surface area contributed by atoms with E-state index in [1.54, 1.807) is 6.20 Å². The maximum absolute atomic E-state index is 9.56. The van der Waals surface area contributed by atoms with Crippen molar-refractivity contribution in [3.8, 4) is 6.07 Å². The fourth-order valence-electron chi connectivity index (χ4n) is 2.40. The van der Waals surface area contributed by atoms with E-state index in [0.29, 0.717) is 0 Å². The van der Waals surface area contributed by atoms with Crippen LogP contribution < -0.4 is 0 Å². The van der Waals surface area contributed by atoms with E-state index in [1.807, 2.05) is 6.07 Å². The van der Waals surface area contributed by atoms with E-state index >= 15 is 0 Å². The molecule has 0 N–H and O–H groups in total. The van der Waals surface area contributed by atoms with Gasteiger partial charge in [0.2, 0.25) is 0 Å². The second-order valence-corrected chi connectivity index (χ2v) is 9.95. The van der Waals surface area contributed by atoms with Gasteiger partial charge in [0.05, 0.1) is 5.69 Å². The summed E-state index contributed by atoms with van der Waals surface area (Å²) in [5, 5.41) is 9.56. The normalized spacial score (nSPS) is 23.9. The summed E-state index contributed by atoms with van der Waals surface area (Å²) in [5.41, 5.74) is 1.20. The van der Waals surface area contributed by atoms with Gasteiger partial charge < -0.3 is 4.43 Å². The molecule has 1 aliphatic rings. The molecule has 0 spiro atoms. The van der Waals surface area contributed by atoms with Crippen molar-refractivity contribution in [2.24, 2.45) is 0 Å². The second kappa shape index (κ2) is 4.24. The van der Waals surface area contributed by atoms with E-state index in [4.69, 9.17) is 4.43 Å². The van der Waals surface area contributed by atoms with Gasteiger partial charge in [0, 0.05) is 6.20 Å². The monoisotopic (exact) mass is 246 g/mol. The molecule has 3 nitrogen and oxygen atoms in total. The minimum atomic E-state index is -1.77. The molecule has 2 rings (SSSR count). The molecule has 1 aliphatic carbocycles. The van der Waals surface area contributed by atoms with E-state index in [-0.39, 0.29) is 0 Å². The Hall–Kier alpha value is -1.18. The quantitative estimate of drug-likeness (QED) is 0.754. The van der Waals surface area contributed by atoms with Crippen LogP contribution in [-0.2, 0) is 16.4 Å². The van der Waals surface area contributed by atoms with Crippen molar-refractivity contribution in [1.29, 1.82) is 5.26 Å². The molecule has 1 aromatic heterocycles. The summed E-state index contributed by atoms with van der Waals surface area (Å²) in [6, 6.07) is 6.37. The molecule has 4 heteroatoms. The first-order valence-electron chi connectivity index (χ1n) is 6.03. The molecule has 1 unspecified atom stereocenters. The first-order valence-corrected chi connectivity index (χ1v) is 9.43. The van der Waals surface area contributed by atoms with Gasteiger partial charge in [0.25, 0.3) is 0 Å². The van der Waals surface area contributed by atoms with Gasteiger partial charge in [0.1, 0.15) is 6.07 Å². The standard InChI is InChI=1S/C13H18N2OSi/c1-17(2,3)16-13(10-14)8-4-6-11-7-5-9-15-12(11)13/h5,7,9H,4,6,8H2,1-3H3. The summed E-state index contributed by atoms with van der Waals surface area (Å²) >= 11 is 0. The number of rotatable bonds is 2. The fourth-order valence-corrected chi connectivity index (χ4v) is 3.69. The van der Waals surface area contributed by atoms with Gasteiger partial charge >= 0.3 is 0 Å². The molecule has 0 saturated heterocycles. The molecule has 0 saturated carbocycles. The Bertz CT molecular complexity index is 461. The predicted molar refractivity (Wildman–Crippen MR) is 68.9 cm³/mol. The van der Waals surface area contributed by atoms with Crippen molar-refractivity contribution in [3.63, 3.8) is 0 Å². The molecular weight excluding hydrogens is 228 g/mol. The van der Waals surface area contributed by atoms with Crippen LogP contribution in [0.1, 0.15) is 24.1 Å². The van der Waals surface area contributed by atoms with Crippen LogP contribution >= 0.6 is 0 Å². The molecule has 1 atom stereocenters. The number of aromatic nitrogens is 1. The molecule has 0 aliphatic heterocycles. The third kappa shape index (κ3) is 2.40. The Labute approximate surface area is 104 Å². The zero-order valence-electron chi connectivity index (χ0n) is 10.7. The second-order valence-electron chi connectivity index (χ2n) is 5.52. The van der Waals surface area contributed by atoms with Gasteiger partial charge in [0.15, 0.2) is 13.9 Å². The lowest BCUT2D eigenvalue weighted by molar-refractivity contribution is 0.0934. The first-order chi connectivity index (χ1) is 7.97. The minimum Gasteiger partial charge on any atom is -0.395 e. The molecule has 0 aromatic carbocycles. The number of pyridine rings is 1. The smallest absolute Gasteiger partial charge is 0.187 e. The Morgan fingerprint density at radius 2 is 2.24 bits per heavy atom. The van der Waals surface area contributed by atoms with Gasteiger partial charge in [-0.2, -0.15) is 5.26 Å². The molecule has 17 heavy (non-hydrogen) atoms. The predicted octanol–water partition coefficient (Wildman–Crippen LogP) is 2.99. The molecule has 0 radical (unpaired) electrons. The van der Waals surface area contributed by atoms with Gasteiger partial charge in [-0.3, -0.25) is 4.98 Å². The van der Waals surface area contributed by atoms with Crippen molar-refractivity contribution in [3.05, 3.63) is 29.6 Å². The number of hydrogen-bond acceptors (Lipinski definition) is 3. The number of nitrogens with zero attached hydrogens (tertiary/aromatic N) is 2. The van der Waals surface area contributed by atoms with Crippen LogP contribution in [0.4, 0.5) is 0 Å². The minimum absolute atomic E-state index is 0.762. The van der Waals surface area contributed by atoms with Gasteiger partial charge in [-0.25, -0.2) is 0 Å². The van der Waals surface area contributed by atoms with E-state index in [0.717, 1.165) is 25.0 Å². The fraction of sp³-hybridized carbons (Fsp3) is 0.538. The van der Waals surface area contributed by atoms with Crippen molar-refractivity contribution in [2.75, 3.05) is 0 Å². The van der Waals surface area contributed by atoms with E-state index in [9.17, 15) is 5.26 Å². The third-order valence-electron chi connectivity index (χ3n) is 2.91. The Morgan fingerprint density at radius 3 is 2.88 bits per heavy atom. The molecule has 1 heterocycles. The van der Waals surface area contributed by atoms with Crippen molar-refractivity contribution in [2.45, 2.75) is 44.5 Å². The lowest BCUT2D eigenvalue weighted by Gasteiger charge is -2.36. The average Bonchev–Trinajstić information content (AvgIpc) is 2.27. The molecule has 0 fully saturated rings.